The molecule has 264 valence electrons. The first kappa shape index (κ1) is 36.2. The molecule has 6 aromatic rings. The maximum Gasteiger partial charge on any atom is 0.0498 e. The second kappa shape index (κ2) is 13.9. The van der Waals surface area contributed by atoms with E-state index in [1.54, 1.807) is 0 Å². The van der Waals surface area contributed by atoms with E-state index in [0.717, 1.165) is 6.42 Å². The van der Waals surface area contributed by atoms with Gasteiger partial charge in [0.05, 0.1) is 0 Å². The molecule has 0 heterocycles. The van der Waals surface area contributed by atoms with Crippen LogP contribution in [-0.4, -0.2) is 11.6 Å². The van der Waals surface area contributed by atoms with Crippen molar-refractivity contribution in [2.24, 2.45) is 5.92 Å². The molecule has 0 saturated carbocycles. The number of anilines is 4. The monoisotopic (exact) mass is 674 g/mol. The second-order valence-electron chi connectivity index (χ2n) is 17.8. The number of nitrogens with zero attached hydrogens (tertiary/aromatic N) is 2. The normalized spacial score (nSPS) is 13.7. The van der Waals surface area contributed by atoms with Crippen LogP contribution in [0.2, 0.25) is 0 Å². The average molecular weight is 675 g/mol. The zero-order chi connectivity index (χ0) is 36.7. The first-order valence-electron chi connectivity index (χ1n) is 18.8. The molecule has 0 aliphatic carbocycles. The highest BCUT2D eigenvalue weighted by molar-refractivity contribution is 5.97. The molecule has 0 aliphatic heterocycles. The van der Waals surface area contributed by atoms with Gasteiger partial charge in [-0.3, -0.25) is 0 Å². The first-order chi connectivity index (χ1) is 24.0. The van der Waals surface area contributed by atoms with E-state index in [-0.39, 0.29) is 22.4 Å². The van der Waals surface area contributed by atoms with Crippen molar-refractivity contribution in [3.05, 3.63) is 144 Å². The number of hydrogen-bond donors (Lipinski definition) is 0. The number of hydrogen-bond acceptors (Lipinski definition) is 2. The van der Waals surface area contributed by atoms with Crippen molar-refractivity contribution in [2.75, 3.05) is 9.80 Å². The third-order valence-electron chi connectivity index (χ3n) is 10.6. The summed E-state index contributed by atoms with van der Waals surface area (Å²) in [5.41, 5.74) is 9.11. The summed E-state index contributed by atoms with van der Waals surface area (Å²) in [5.74, 6) is 0.363. The summed E-state index contributed by atoms with van der Waals surface area (Å²) in [6.45, 7) is 25.5. The van der Waals surface area contributed by atoms with Crippen LogP contribution in [0.5, 0.6) is 0 Å². The van der Waals surface area contributed by atoms with E-state index < -0.39 is 0 Å². The molecule has 51 heavy (non-hydrogen) atoms. The molecular formula is C49H58N2. The molecule has 0 fully saturated rings. The van der Waals surface area contributed by atoms with Crippen LogP contribution in [0.4, 0.5) is 22.7 Å². The summed E-state index contributed by atoms with van der Waals surface area (Å²) >= 11 is 0. The van der Waals surface area contributed by atoms with Crippen LogP contribution in [0.15, 0.2) is 127 Å². The number of fused-ring (bicyclic) bond motifs is 2. The second-order valence-corrected chi connectivity index (χ2v) is 17.8. The Bertz CT molecular complexity index is 2100. The average Bonchev–Trinajstić information content (AvgIpc) is 3.07. The lowest BCUT2D eigenvalue weighted by Gasteiger charge is -2.39. The van der Waals surface area contributed by atoms with Crippen molar-refractivity contribution in [1.82, 2.24) is 0 Å². The fourth-order valence-corrected chi connectivity index (χ4v) is 7.52. The molecule has 0 aromatic heterocycles. The van der Waals surface area contributed by atoms with Crippen LogP contribution < -0.4 is 9.80 Å². The molecule has 2 nitrogen and oxygen atoms in total. The summed E-state index contributed by atoms with van der Waals surface area (Å²) in [6.07, 6.45) is 0.962. The first-order valence-corrected chi connectivity index (χ1v) is 18.8. The highest BCUT2D eigenvalue weighted by Gasteiger charge is 2.28. The highest BCUT2D eigenvalue weighted by atomic mass is 15.2. The minimum Gasteiger partial charge on any atom is -0.338 e. The molecule has 2 atom stereocenters. The van der Waals surface area contributed by atoms with Gasteiger partial charge in [0, 0.05) is 39.7 Å². The van der Waals surface area contributed by atoms with Gasteiger partial charge in [-0.25, -0.2) is 0 Å². The van der Waals surface area contributed by atoms with Gasteiger partial charge in [-0.1, -0.05) is 133 Å². The van der Waals surface area contributed by atoms with Crippen molar-refractivity contribution < 1.29 is 0 Å². The summed E-state index contributed by atoms with van der Waals surface area (Å²) in [7, 11) is 0. The van der Waals surface area contributed by atoms with Gasteiger partial charge in [0.25, 0.3) is 0 Å². The van der Waals surface area contributed by atoms with Crippen molar-refractivity contribution in [2.45, 2.75) is 105 Å². The van der Waals surface area contributed by atoms with E-state index in [0.29, 0.717) is 5.92 Å². The minimum atomic E-state index is -0.129. The Balaban J connectivity index is 1.40. The van der Waals surface area contributed by atoms with Crippen LogP contribution >= 0.6 is 0 Å². The Hall–Kier alpha value is -4.56. The Morgan fingerprint density at radius 3 is 1.57 bits per heavy atom. The van der Waals surface area contributed by atoms with Crippen molar-refractivity contribution in [3.8, 4) is 0 Å². The van der Waals surface area contributed by atoms with Crippen molar-refractivity contribution in [1.29, 1.82) is 0 Å². The fraction of sp³-hybridized carbons (Fsp3) is 0.347. The fourth-order valence-electron chi connectivity index (χ4n) is 7.52. The maximum absolute atomic E-state index is 2.56. The zero-order valence-corrected chi connectivity index (χ0v) is 32.9. The van der Waals surface area contributed by atoms with Gasteiger partial charge in [-0.15, -0.1) is 0 Å². The molecule has 0 aliphatic rings. The lowest BCUT2D eigenvalue weighted by molar-refractivity contribution is 0.474. The van der Waals surface area contributed by atoms with Gasteiger partial charge in [-0.2, -0.15) is 0 Å². The third-order valence-corrected chi connectivity index (χ3v) is 10.6. The van der Waals surface area contributed by atoms with Crippen molar-refractivity contribution >= 4 is 44.3 Å². The predicted octanol–water partition coefficient (Wildman–Crippen LogP) is 13.9. The zero-order valence-electron chi connectivity index (χ0n) is 32.9. The lowest BCUT2D eigenvalue weighted by Crippen LogP contribution is -2.38. The molecule has 0 bridgehead atoms. The smallest absolute Gasteiger partial charge is 0.0498 e. The molecular weight excluding hydrogens is 617 g/mol. The van der Waals surface area contributed by atoms with E-state index in [2.05, 4.69) is 213 Å². The van der Waals surface area contributed by atoms with E-state index >= 15 is 0 Å². The van der Waals surface area contributed by atoms with Crippen LogP contribution in [0.25, 0.3) is 21.5 Å². The topological polar surface area (TPSA) is 6.48 Å². The van der Waals surface area contributed by atoms with Crippen LogP contribution in [0.1, 0.15) is 92.9 Å². The summed E-state index contributed by atoms with van der Waals surface area (Å²) < 4.78 is 0. The molecule has 2 heteroatoms. The largest absolute Gasteiger partial charge is 0.338 e. The van der Waals surface area contributed by atoms with Gasteiger partial charge in [0.1, 0.15) is 0 Å². The standard InChI is InChI=1S/C49H58N2/c1-34(35(2)50(42-26-21-40(22-27-42)47(3,4)5)44-25-20-37-16-12-13-17-38(37)33-44)30-36-31-39-18-14-15-19-45(39)46(32-36)51(49(9,10)11)43-28-23-41(24-29-43)48(6,7)8/h12-29,31-35H,30H2,1-11H3. The lowest BCUT2D eigenvalue weighted by atomic mass is 9.86. The Morgan fingerprint density at radius 1 is 0.490 bits per heavy atom. The number of rotatable bonds is 8. The van der Waals surface area contributed by atoms with E-state index in [1.165, 1.54) is 61.0 Å². The van der Waals surface area contributed by atoms with Crippen LogP contribution in [0.3, 0.4) is 0 Å². The van der Waals surface area contributed by atoms with Crippen LogP contribution in [-0.2, 0) is 17.3 Å². The third kappa shape index (κ3) is 7.86. The summed E-state index contributed by atoms with van der Waals surface area (Å²) in [6, 6.07) is 48.1. The molecule has 6 rings (SSSR count). The Morgan fingerprint density at radius 2 is 1.00 bits per heavy atom. The molecule has 6 aromatic carbocycles. The predicted molar refractivity (Wildman–Crippen MR) is 225 cm³/mol. The molecule has 0 spiro atoms. The molecule has 0 radical (unpaired) electrons. The molecule has 0 N–H and O–H groups in total. The van der Waals surface area contributed by atoms with E-state index in [4.69, 9.17) is 0 Å². The summed E-state index contributed by atoms with van der Waals surface area (Å²) in [4.78, 5) is 5.10. The molecule has 0 amide bonds. The van der Waals surface area contributed by atoms with Crippen LogP contribution in [0, 0.1) is 5.92 Å². The minimum absolute atomic E-state index is 0.106. The van der Waals surface area contributed by atoms with E-state index in [9.17, 15) is 0 Å². The maximum atomic E-state index is 2.56. The summed E-state index contributed by atoms with van der Waals surface area (Å²) in [5, 5.41) is 5.11. The Kier molecular flexibility index (Phi) is 9.85. The number of benzene rings is 6. The molecule has 0 saturated heterocycles. The quantitative estimate of drug-likeness (QED) is 0.159. The van der Waals surface area contributed by atoms with Gasteiger partial charge in [-0.05, 0) is 126 Å². The van der Waals surface area contributed by atoms with Gasteiger partial charge in [0.2, 0.25) is 0 Å². The Labute approximate surface area is 308 Å². The van der Waals surface area contributed by atoms with Gasteiger partial charge in [0.15, 0.2) is 0 Å². The van der Waals surface area contributed by atoms with E-state index in [1.807, 2.05) is 0 Å². The van der Waals surface area contributed by atoms with Gasteiger partial charge < -0.3 is 9.80 Å². The van der Waals surface area contributed by atoms with Gasteiger partial charge >= 0.3 is 0 Å². The SMILES string of the molecule is CC(Cc1cc(N(c2ccc(C(C)(C)C)cc2)C(C)(C)C)c2ccccc2c1)C(C)N(c1ccc(C(C)(C)C)cc1)c1ccc2ccccc2c1. The highest BCUT2D eigenvalue weighted by Crippen LogP contribution is 2.41. The van der Waals surface area contributed by atoms with Crippen molar-refractivity contribution in [3.63, 3.8) is 0 Å². The molecule has 2 unspecified atom stereocenters.